The van der Waals surface area contributed by atoms with Crippen LogP contribution in [0.4, 0.5) is 13.2 Å². The van der Waals surface area contributed by atoms with E-state index in [9.17, 15) is 23.1 Å². The van der Waals surface area contributed by atoms with Gasteiger partial charge in [-0.15, -0.1) is 0 Å². The Morgan fingerprint density at radius 3 is 2.33 bits per heavy atom. The third-order valence-corrected chi connectivity index (χ3v) is 3.48. The molecular weight excluding hydrogens is 321 g/mol. The summed E-state index contributed by atoms with van der Waals surface area (Å²) in [6.45, 7) is 1.77. The maximum Gasteiger partial charge on any atom is 0.338 e. The molecule has 0 aliphatic rings. The van der Waals surface area contributed by atoms with E-state index in [0.717, 1.165) is 12.1 Å². The van der Waals surface area contributed by atoms with E-state index in [-0.39, 0.29) is 36.3 Å². The van der Waals surface area contributed by atoms with Crippen LogP contribution in [0.25, 0.3) is 0 Å². The van der Waals surface area contributed by atoms with Crippen LogP contribution in [0.3, 0.4) is 0 Å². The number of halogens is 3. The molecule has 0 unspecified atom stereocenters. The average molecular weight is 338 g/mol. The molecule has 0 atom stereocenters. The molecule has 128 valence electrons. The SMILES string of the molecule is CCOC(=O)c1cc(O)c(Cc2ccc(CC(F)F)cc2)c(F)c1. The number of aromatic hydroxyl groups is 1. The van der Waals surface area contributed by atoms with Crippen molar-refractivity contribution >= 4 is 5.97 Å². The minimum Gasteiger partial charge on any atom is -0.508 e. The smallest absolute Gasteiger partial charge is 0.338 e. The molecule has 0 heterocycles. The summed E-state index contributed by atoms with van der Waals surface area (Å²) in [6.07, 6.45) is -2.68. The fourth-order valence-electron chi connectivity index (χ4n) is 2.30. The number of esters is 1. The number of ether oxygens (including phenoxy) is 1. The summed E-state index contributed by atoms with van der Waals surface area (Å²) in [5.41, 5.74) is 1.11. The highest BCUT2D eigenvalue weighted by atomic mass is 19.3. The Labute approximate surface area is 137 Å². The van der Waals surface area contributed by atoms with Crippen molar-refractivity contribution in [3.8, 4) is 5.75 Å². The largest absolute Gasteiger partial charge is 0.508 e. The summed E-state index contributed by atoms with van der Waals surface area (Å²) < 4.78 is 43.6. The van der Waals surface area contributed by atoms with E-state index in [2.05, 4.69) is 0 Å². The molecule has 0 saturated carbocycles. The van der Waals surface area contributed by atoms with E-state index >= 15 is 0 Å². The summed E-state index contributed by atoms with van der Waals surface area (Å²) in [6, 6.07) is 8.47. The van der Waals surface area contributed by atoms with Gasteiger partial charge in [0.05, 0.1) is 12.2 Å². The highest BCUT2D eigenvalue weighted by Crippen LogP contribution is 2.26. The molecule has 1 N–H and O–H groups in total. The maximum absolute atomic E-state index is 14.2. The van der Waals surface area contributed by atoms with Crippen LogP contribution in [-0.2, 0) is 17.6 Å². The van der Waals surface area contributed by atoms with E-state index in [0.29, 0.717) is 11.1 Å². The van der Waals surface area contributed by atoms with Crippen LogP contribution < -0.4 is 0 Å². The van der Waals surface area contributed by atoms with E-state index < -0.39 is 18.2 Å². The molecule has 0 bridgehead atoms. The molecule has 6 heteroatoms. The second-order valence-electron chi connectivity index (χ2n) is 5.26. The lowest BCUT2D eigenvalue weighted by Crippen LogP contribution is -2.06. The summed E-state index contributed by atoms with van der Waals surface area (Å²) in [4.78, 5) is 11.6. The molecule has 0 amide bonds. The lowest BCUT2D eigenvalue weighted by Gasteiger charge is -2.10. The van der Waals surface area contributed by atoms with E-state index in [1.807, 2.05) is 0 Å². The van der Waals surface area contributed by atoms with Crippen molar-refractivity contribution in [3.63, 3.8) is 0 Å². The second-order valence-corrected chi connectivity index (χ2v) is 5.26. The Morgan fingerprint density at radius 2 is 1.79 bits per heavy atom. The molecule has 2 aromatic rings. The molecule has 0 aliphatic heterocycles. The first kappa shape index (κ1) is 17.8. The van der Waals surface area contributed by atoms with Crippen molar-refractivity contribution in [2.45, 2.75) is 26.2 Å². The number of carbonyl (C=O) groups excluding carboxylic acids is 1. The number of rotatable bonds is 6. The number of phenols is 1. The Bertz CT molecular complexity index is 689. The molecule has 0 saturated heterocycles. The van der Waals surface area contributed by atoms with Gasteiger partial charge in [0.1, 0.15) is 11.6 Å². The van der Waals surface area contributed by atoms with Gasteiger partial charge < -0.3 is 9.84 Å². The predicted molar refractivity (Wildman–Crippen MR) is 83.0 cm³/mol. The standard InChI is InChI=1S/C18H17F3O3/c1-2-24-18(23)13-9-15(19)14(16(22)10-13)7-11-3-5-12(6-4-11)8-17(20)21/h3-6,9-10,17,22H,2,7-8H2,1H3. The first-order chi connectivity index (χ1) is 11.4. The van der Waals surface area contributed by atoms with Gasteiger partial charge in [-0.25, -0.2) is 18.0 Å². The molecule has 2 rings (SSSR count). The third-order valence-electron chi connectivity index (χ3n) is 3.48. The van der Waals surface area contributed by atoms with Gasteiger partial charge in [0.2, 0.25) is 6.43 Å². The number of alkyl halides is 2. The minimum atomic E-state index is -2.42. The summed E-state index contributed by atoms with van der Waals surface area (Å²) in [5, 5.41) is 9.98. The van der Waals surface area contributed by atoms with Gasteiger partial charge in [0, 0.05) is 18.4 Å². The van der Waals surface area contributed by atoms with Crippen molar-refractivity contribution < 1.29 is 27.8 Å². The van der Waals surface area contributed by atoms with Crippen molar-refractivity contribution in [1.29, 1.82) is 0 Å². The normalized spacial score (nSPS) is 10.9. The van der Waals surface area contributed by atoms with Gasteiger partial charge in [-0.05, 0) is 30.2 Å². The Kier molecular flexibility index (Phi) is 5.84. The zero-order chi connectivity index (χ0) is 17.7. The third kappa shape index (κ3) is 4.50. The number of carbonyl (C=O) groups is 1. The van der Waals surface area contributed by atoms with Crippen molar-refractivity contribution in [1.82, 2.24) is 0 Å². The van der Waals surface area contributed by atoms with Crippen LogP contribution in [0.5, 0.6) is 5.75 Å². The van der Waals surface area contributed by atoms with Crippen molar-refractivity contribution in [2.24, 2.45) is 0 Å². The van der Waals surface area contributed by atoms with Gasteiger partial charge in [0.25, 0.3) is 0 Å². The molecule has 3 nitrogen and oxygen atoms in total. The average Bonchev–Trinajstić information content (AvgIpc) is 2.52. The van der Waals surface area contributed by atoms with Gasteiger partial charge in [-0.2, -0.15) is 0 Å². The lowest BCUT2D eigenvalue weighted by molar-refractivity contribution is 0.0525. The van der Waals surface area contributed by atoms with Crippen LogP contribution >= 0.6 is 0 Å². The molecule has 0 fully saturated rings. The minimum absolute atomic E-state index is 0.0321. The number of hydrogen-bond acceptors (Lipinski definition) is 3. The fourth-order valence-corrected chi connectivity index (χ4v) is 2.30. The quantitative estimate of drug-likeness (QED) is 0.807. The summed E-state index contributed by atoms with van der Waals surface area (Å²) in [5.74, 6) is -1.79. The monoisotopic (exact) mass is 338 g/mol. The lowest BCUT2D eigenvalue weighted by atomic mass is 10.00. The topological polar surface area (TPSA) is 46.5 Å². The molecule has 0 spiro atoms. The first-order valence-electron chi connectivity index (χ1n) is 7.45. The van der Waals surface area contributed by atoms with Gasteiger partial charge >= 0.3 is 5.97 Å². The number of hydrogen-bond donors (Lipinski definition) is 1. The zero-order valence-corrected chi connectivity index (χ0v) is 13.1. The Balaban J connectivity index is 2.19. The van der Waals surface area contributed by atoms with Gasteiger partial charge in [-0.1, -0.05) is 24.3 Å². The van der Waals surface area contributed by atoms with Crippen LogP contribution in [0.1, 0.15) is 34.0 Å². The Morgan fingerprint density at radius 1 is 1.17 bits per heavy atom. The van der Waals surface area contributed by atoms with Crippen LogP contribution in [0.15, 0.2) is 36.4 Å². The van der Waals surface area contributed by atoms with Gasteiger partial charge in [0.15, 0.2) is 0 Å². The molecular formula is C18H17F3O3. The highest BCUT2D eigenvalue weighted by molar-refractivity contribution is 5.90. The van der Waals surface area contributed by atoms with E-state index in [4.69, 9.17) is 4.74 Å². The fraction of sp³-hybridized carbons (Fsp3) is 0.278. The summed E-state index contributed by atoms with van der Waals surface area (Å²) in [7, 11) is 0. The maximum atomic E-state index is 14.2. The Hall–Kier alpha value is -2.50. The molecule has 2 aromatic carbocycles. The van der Waals surface area contributed by atoms with E-state index in [1.165, 1.54) is 0 Å². The van der Waals surface area contributed by atoms with Gasteiger partial charge in [-0.3, -0.25) is 0 Å². The highest BCUT2D eigenvalue weighted by Gasteiger charge is 2.16. The predicted octanol–water partition coefficient (Wildman–Crippen LogP) is 4.11. The molecule has 0 aliphatic carbocycles. The van der Waals surface area contributed by atoms with Crippen LogP contribution in [0.2, 0.25) is 0 Å². The van der Waals surface area contributed by atoms with E-state index in [1.54, 1.807) is 31.2 Å². The molecule has 24 heavy (non-hydrogen) atoms. The zero-order valence-electron chi connectivity index (χ0n) is 13.1. The number of phenolic OH excluding ortho intramolecular Hbond substituents is 1. The second kappa shape index (κ2) is 7.86. The van der Waals surface area contributed by atoms with Crippen molar-refractivity contribution in [2.75, 3.05) is 6.61 Å². The van der Waals surface area contributed by atoms with Crippen molar-refractivity contribution in [3.05, 3.63) is 64.5 Å². The summed E-state index contributed by atoms with van der Waals surface area (Å²) >= 11 is 0. The molecule has 0 radical (unpaired) electrons. The van der Waals surface area contributed by atoms with Crippen LogP contribution in [0, 0.1) is 5.82 Å². The number of benzene rings is 2. The van der Waals surface area contributed by atoms with Crippen LogP contribution in [-0.4, -0.2) is 24.1 Å². The first-order valence-corrected chi connectivity index (χ1v) is 7.45. The molecule has 0 aromatic heterocycles.